The Bertz CT molecular complexity index is 517. The van der Waals surface area contributed by atoms with E-state index < -0.39 is 0 Å². The van der Waals surface area contributed by atoms with Crippen molar-refractivity contribution in [3.8, 4) is 5.75 Å². The van der Waals surface area contributed by atoms with E-state index in [4.69, 9.17) is 10.5 Å². The molecule has 1 aliphatic heterocycles. The predicted octanol–water partition coefficient (Wildman–Crippen LogP) is 2.41. The second kappa shape index (κ2) is 7.38. The molecule has 1 aliphatic rings. The first kappa shape index (κ1) is 16.5. The molecular formula is C17H27N3O2. The molecule has 0 aromatic heterocycles. The molecule has 0 bridgehead atoms. The van der Waals surface area contributed by atoms with Crippen LogP contribution in [-0.4, -0.2) is 31.6 Å². The minimum absolute atomic E-state index is 0.0343. The molecule has 0 saturated heterocycles. The maximum Gasteiger partial charge on any atom is 0.239 e. The SMILES string of the molecule is CCCCNC(=O)CN1CC(C(C)C)Oc2cccc(N)c21. The molecule has 1 amide bonds. The van der Waals surface area contributed by atoms with Crippen molar-refractivity contribution in [2.24, 2.45) is 5.92 Å². The number of nitrogens with two attached hydrogens (primary N) is 1. The second-order valence-corrected chi connectivity index (χ2v) is 6.18. The number of amides is 1. The Balaban J connectivity index is 2.13. The lowest BCUT2D eigenvalue weighted by molar-refractivity contribution is -0.119. The number of nitrogens with one attached hydrogen (secondary N) is 1. The standard InChI is InChI=1S/C17H27N3O2/c1-4-5-9-19-16(21)11-20-10-15(12(2)3)22-14-8-6-7-13(18)17(14)20/h6-8,12,15H,4-5,9-11,18H2,1-3H3,(H,19,21). The Morgan fingerprint density at radius 3 is 2.95 bits per heavy atom. The highest BCUT2D eigenvalue weighted by Gasteiger charge is 2.30. The average Bonchev–Trinajstić information content (AvgIpc) is 2.47. The largest absolute Gasteiger partial charge is 0.486 e. The summed E-state index contributed by atoms with van der Waals surface area (Å²) in [4.78, 5) is 14.2. The van der Waals surface area contributed by atoms with Crippen molar-refractivity contribution < 1.29 is 9.53 Å². The molecule has 1 aromatic rings. The number of para-hydroxylation sites is 1. The van der Waals surface area contributed by atoms with Crippen LogP contribution in [0, 0.1) is 5.92 Å². The summed E-state index contributed by atoms with van der Waals surface area (Å²) in [6, 6.07) is 5.65. The summed E-state index contributed by atoms with van der Waals surface area (Å²) in [6.45, 7) is 8.09. The van der Waals surface area contributed by atoms with Gasteiger partial charge in [-0.15, -0.1) is 0 Å². The number of benzene rings is 1. The van der Waals surface area contributed by atoms with Crippen LogP contribution in [-0.2, 0) is 4.79 Å². The van der Waals surface area contributed by atoms with Gasteiger partial charge in [0.05, 0.1) is 18.8 Å². The summed E-state index contributed by atoms with van der Waals surface area (Å²) in [5.41, 5.74) is 7.59. The minimum Gasteiger partial charge on any atom is -0.486 e. The van der Waals surface area contributed by atoms with Gasteiger partial charge in [-0.05, 0) is 24.5 Å². The van der Waals surface area contributed by atoms with Gasteiger partial charge in [0.2, 0.25) is 5.91 Å². The molecule has 5 heteroatoms. The molecule has 3 N–H and O–H groups in total. The van der Waals surface area contributed by atoms with E-state index in [0.717, 1.165) is 30.8 Å². The summed E-state index contributed by atoms with van der Waals surface area (Å²) in [5.74, 6) is 1.18. The molecule has 22 heavy (non-hydrogen) atoms. The lowest BCUT2D eigenvalue weighted by atomic mass is 10.0. The number of hydrogen-bond acceptors (Lipinski definition) is 4. The van der Waals surface area contributed by atoms with E-state index in [1.54, 1.807) is 0 Å². The van der Waals surface area contributed by atoms with Crippen LogP contribution in [0.15, 0.2) is 18.2 Å². The highest BCUT2D eigenvalue weighted by Crippen LogP contribution is 2.39. The fourth-order valence-corrected chi connectivity index (χ4v) is 2.61. The molecule has 2 rings (SSSR count). The second-order valence-electron chi connectivity index (χ2n) is 6.18. The zero-order valence-corrected chi connectivity index (χ0v) is 13.8. The first-order valence-corrected chi connectivity index (χ1v) is 8.09. The van der Waals surface area contributed by atoms with E-state index in [1.165, 1.54) is 0 Å². The van der Waals surface area contributed by atoms with Crippen molar-refractivity contribution in [1.82, 2.24) is 5.32 Å². The number of anilines is 2. The van der Waals surface area contributed by atoms with Gasteiger partial charge in [-0.25, -0.2) is 0 Å². The van der Waals surface area contributed by atoms with Crippen molar-refractivity contribution in [3.05, 3.63) is 18.2 Å². The molecule has 0 aliphatic carbocycles. The predicted molar refractivity (Wildman–Crippen MR) is 90.2 cm³/mol. The van der Waals surface area contributed by atoms with E-state index in [0.29, 0.717) is 24.7 Å². The van der Waals surface area contributed by atoms with Crippen LogP contribution in [0.25, 0.3) is 0 Å². The van der Waals surface area contributed by atoms with Crippen LogP contribution in [0.2, 0.25) is 0 Å². The first-order valence-electron chi connectivity index (χ1n) is 8.09. The van der Waals surface area contributed by atoms with Crippen LogP contribution < -0.4 is 20.7 Å². The van der Waals surface area contributed by atoms with Crippen molar-refractivity contribution in [1.29, 1.82) is 0 Å². The Hall–Kier alpha value is -1.91. The summed E-state index contributed by atoms with van der Waals surface area (Å²) < 4.78 is 6.03. The fourth-order valence-electron chi connectivity index (χ4n) is 2.61. The third-order valence-electron chi connectivity index (χ3n) is 3.96. The molecule has 1 unspecified atom stereocenters. The van der Waals surface area contributed by atoms with Gasteiger partial charge in [0.15, 0.2) is 0 Å². The molecule has 1 atom stereocenters. The van der Waals surface area contributed by atoms with Gasteiger partial charge in [0, 0.05) is 6.54 Å². The fraction of sp³-hybridized carbons (Fsp3) is 0.588. The average molecular weight is 305 g/mol. The lowest BCUT2D eigenvalue weighted by Crippen LogP contribution is -2.47. The van der Waals surface area contributed by atoms with Gasteiger partial charge in [-0.2, -0.15) is 0 Å². The summed E-state index contributed by atoms with van der Waals surface area (Å²) in [7, 11) is 0. The van der Waals surface area contributed by atoms with Crippen molar-refractivity contribution in [3.63, 3.8) is 0 Å². The number of nitrogens with zero attached hydrogens (tertiary/aromatic N) is 1. The Kier molecular flexibility index (Phi) is 5.52. The smallest absolute Gasteiger partial charge is 0.239 e. The number of rotatable bonds is 6. The molecule has 0 saturated carbocycles. The van der Waals surface area contributed by atoms with Crippen LogP contribution in [0.3, 0.4) is 0 Å². The Morgan fingerprint density at radius 2 is 2.27 bits per heavy atom. The molecule has 1 aromatic carbocycles. The zero-order chi connectivity index (χ0) is 16.1. The maximum absolute atomic E-state index is 12.1. The lowest BCUT2D eigenvalue weighted by Gasteiger charge is -2.38. The van der Waals surface area contributed by atoms with Crippen LogP contribution in [0.4, 0.5) is 11.4 Å². The Labute approximate surface area is 132 Å². The van der Waals surface area contributed by atoms with Gasteiger partial charge >= 0.3 is 0 Å². The number of carbonyl (C=O) groups excluding carboxylic acids is 1. The summed E-state index contributed by atoms with van der Waals surface area (Å²) >= 11 is 0. The molecule has 5 nitrogen and oxygen atoms in total. The molecule has 0 spiro atoms. The minimum atomic E-state index is 0.0343. The van der Waals surface area contributed by atoms with Crippen molar-refractivity contribution in [2.45, 2.75) is 39.7 Å². The highest BCUT2D eigenvalue weighted by molar-refractivity contribution is 5.85. The number of unbranched alkanes of at least 4 members (excludes halogenated alkanes) is 1. The van der Waals surface area contributed by atoms with Gasteiger partial charge in [0.1, 0.15) is 17.5 Å². The van der Waals surface area contributed by atoms with Crippen molar-refractivity contribution in [2.75, 3.05) is 30.3 Å². The number of hydrogen-bond donors (Lipinski definition) is 2. The van der Waals surface area contributed by atoms with Crippen molar-refractivity contribution >= 4 is 17.3 Å². The van der Waals surface area contributed by atoms with Crippen LogP contribution >= 0.6 is 0 Å². The molecule has 0 fully saturated rings. The van der Waals surface area contributed by atoms with E-state index in [2.05, 4.69) is 26.1 Å². The maximum atomic E-state index is 12.1. The topological polar surface area (TPSA) is 67.6 Å². The van der Waals surface area contributed by atoms with Gasteiger partial charge < -0.3 is 20.7 Å². The molecular weight excluding hydrogens is 278 g/mol. The van der Waals surface area contributed by atoms with Crippen LogP contribution in [0.5, 0.6) is 5.75 Å². The van der Waals surface area contributed by atoms with Gasteiger partial charge in [-0.3, -0.25) is 4.79 Å². The summed E-state index contributed by atoms with van der Waals surface area (Å²) in [6.07, 6.45) is 2.14. The molecule has 0 radical (unpaired) electrons. The van der Waals surface area contributed by atoms with E-state index in [1.807, 2.05) is 23.1 Å². The van der Waals surface area contributed by atoms with E-state index in [-0.39, 0.29) is 12.0 Å². The number of fused-ring (bicyclic) bond motifs is 1. The van der Waals surface area contributed by atoms with E-state index >= 15 is 0 Å². The number of ether oxygens (including phenoxy) is 1. The first-order chi connectivity index (χ1) is 10.5. The monoisotopic (exact) mass is 305 g/mol. The van der Waals surface area contributed by atoms with Gasteiger partial charge in [-0.1, -0.05) is 33.3 Å². The molecule has 122 valence electrons. The summed E-state index contributed by atoms with van der Waals surface area (Å²) in [5, 5.41) is 2.96. The zero-order valence-electron chi connectivity index (χ0n) is 13.8. The highest BCUT2D eigenvalue weighted by atomic mass is 16.5. The van der Waals surface area contributed by atoms with Gasteiger partial charge in [0.25, 0.3) is 0 Å². The quantitative estimate of drug-likeness (QED) is 0.625. The third-order valence-corrected chi connectivity index (χ3v) is 3.96. The normalized spacial score (nSPS) is 17.1. The third kappa shape index (κ3) is 3.84. The number of carbonyl (C=O) groups is 1. The molecule has 1 heterocycles. The van der Waals surface area contributed by atoms with E-state index in [9.17, 15) is 4.79 Å². The Morgan fingerprint density at radius 1 is 1.50 bits per heavy atom. The number of nitrogen functional groups attached to an aromatic ring is 1. The van der Waals surface area contributed by atoms with Crippen LogP contribution in [0.1, 0.15) is 33.6 Å².